The van der Waals surface area contributed by atoms with Crippen molar-refractivity contribution in [2.75, 3.05) is 13.4 Å². The summed E-state index contributed by atoms with van der Waals surface area (Å²) in [6, 6.07) is 2.92. The lowest BCUT2D eigenvalue weighted by atomic mass is 9.99. The molecule has 0 saturated heterocycles. The summed E-state index contributed by atoms with van der Waals surface area (Å²) in [5, 5.41) is 9.02. The Kier molecular flexibility index (Phi) is 4.01. The highest BCUT2D eigenvalue weighted by atomic mass is 32.2. The number of ether oxygens (including phenoxy) is 1. The highest BCUT2D eigenvalue weighted by molar-refractivity contribution is 7.90. The molecule has 100 valence electrons. The zero-order valence-corrected chi connectivity index (χ0v) is 11.5. The molecule has 18 heavy (non-hydrogen) atoms. The topological polar surface area (TPSA) is 80.7 Å². The van der Waals surface area contributed by atoms with E-state index in [-0.39, 0.29) is 10.5 Å². The lowest BCUT2D eigenvalue weighted by Gasteiger charge is -2.15. The first-order chi connectivity index (χ1) is 8.18. The Labute approximate surface area is 106 Å². The quantitative estimate of drug-likeness (QED) is 0.900. The second-order valence-corrected chi connectivity index (χ2v) is 6.18. The molecule has 1 aromatic rings. The van der Waals surface area contributed by atoms with Gasteiger partial charge in [0.15, 0.2) is 9.84 Å². The molecule has 6 heteroatoms. The number of rotatable bonds is 4. The maximum atomic E-state index is 11.7. The molecule has 1 aromatic carbocycles. The van der Waals surface area contributed by atoms with Gasteiger partial charge in [-0.05, 0) is 37.1 Å². The third-order valence-electron chi connectivity index (χ3n) is 2.76. The van der Waals surface area contributed by atoms with Gasteiger partial charge in [0, 0.05) is 6.26 Å². The van der Waals surface area contributed by atoms with Crippen molar-refractivity contribution >= 4 is 15.8 Å². The smallest absolute Gasteiger partial charge is 0.310 e. The summed E-state index contributed by atoms with van der Waals surface area (Å²) in [7, 11) is -2.02. The van der Waals surface area contributed by atoms with Crippen LogP contribution in [-0.4, -0.2) is 32.9 Å². The van der Waals surface area contributed by atoms with E-state index >= 15 is 0 Å². The third-order valence-corrected chi connectivity index (χ3v) is 3.92. The highest BCUT2D eigenvalue weighted by Gasteiger charge is 2.24. The van der Waals surface area contributed by atoms with Gasteiger partial charge >= 0.3 is 5.97 Å². The molecule has 0 aromatic heterocycles. The number of methoxy groups -OCH3 is 1. The molecule has 0 bridgehead atoms. The summed E-state index contributed by atoms with van der Waals surface area (Å²) in [5.74, 6) is -1.51. The number of hydrogen-bond acceptors (Lipinski definition) is 4. The van der Waals surface area contributed by atoms with Gasteiger partial charge < -0.3 is 9.84 Å². The summed E-state index contributed by atoms with van der Waals surface area (Å²) in [4.78, 5) is 11.1. The van der Waals surface area contributed by atoms with E-state index in [1.165, 1.54) is 26.2 Å². The van der Waals surface area contributed by atoms with E-state index in [2.05, 4.69) is 0 Å². The predicted molar refractivity (Wildman–Crippen MR) is 66.9 cm³/mol. The molecule has 1 N–H and O–H groups in total. The molecule has 0 heterocycles. The molecule has 5 nitrogen and oxygen atoms in total. The van der Waals surface area contributed by atoms with Crippen molar-refractivity contribution in [3.05, 3.63) is 23.3 Å². The van der Waals surface area contributed by atoms with E-state index < -0.39 is 21.7 Å². The van der Waals surface area contributed by atoms with Crippen molar-refractivity contribution in [1.29, 1.82) is 0 Å². The number of carboxylic acid groups (broad SMARTS) is 1. The number of benzene rings is 1. The fraction of sp³-hybridized carbons (Fsp3) is 0.417. The van der Waals surface area contributed by atoms with Crippen LogP contribution < -0.4 is 4.74 Å². The summed E-state index contributed by atoms with van der Waals surface area (Å²) >= 11 is 0. The number of carbonyl (C=O) groups is 1. The van der Waals surface area contributed by atoms with E-state index in [0.717, 1.165) is 6.26 Å². The molecule has 0 aliphatic carbocycles. The van der Waals surface area contributed by atoms with E-state index in [1.54, 1.807) is 6.92 Å². The van der Waals surface area contributed by atoms with Crippen LogP contribution in [0.3, 0.4) is 0 Å². The number of aliphatic carboxylic acids is 1. The molecule has 0 saturated carbocycles. The Morgan fingerprint density at radius 3 is 2.33 bits per heavy atom. The summed E-state index contributed by atoms with van der Waals surface area (Å²) in [6.07, 6.45) is 1.06. The minimum atomic E-state index is -3.48. The van der Waals surface area contributed by atoms with Gasteiger partial charge in [0.1, 0.15) is 5.75 Å². The number of carboxylic acids is 1. The maximum Gasteiger partial charge on any atom is 0.310 e. The largest absolute Gasteiger partial charge is 0.496 e. The second-order valence-electron chi connectivity index (χ2n) is 4.19. The lowest BCUT2D eigenvalue weighted by Crippen LogP contribution is -2.13. The van der Waals surface area contributed by atoms with Crippen LogP contribution in [0.4, 0.5) is 0 Å². The maximum absolute atomic E-state index is 11.7. The van der Waals surface area contributed by atoms with Crippen LogP contribution in [0.15, 0.2) is 17.0 Å². The standard InChI is InChI=1S/C12H16O5S/c1-7-5-11(18(4,15)16)9(6-10(7)17-3)8(2)12(13)14/h5-6,8H,1-4H3,(H,13,14). The van der Waals surface area contributed by atoms with Crippen LogP contribution in [0.25, 0.3) is 0 Å². The fourth-order valence-corrected chi connectivity index (χ4v) is 2.74. The van der Waals surface area contributed by atoms with E-state index in [0.29, 0.717) is 11.3 Å². The molecular formula is C12H16O5S. The molecule has 0 amide bonds. The average molecular weight is 272 g/mol. The Bertz CT molecular complexity index is 574. The fourth-order valence-electron chi connectivity index (χ4n) is 1.69. The normalized spacial score (nSPS) is 13.1. The van der Waals surface area contributed by atoms with E-state index in [4.69, 9.17) is 9.84 Å². The lowest BCUT2D eigenvalue weighted by molar-refractivity contribution is -0.138. The molecule has 1 atom stereocenters. The molecule has 0 aliphatic heterocycles. The molecule has 0 fully saturated rings. The van der Waals surface area contributed by atoms with Crippen molar-refractivity contribution in [3.63, 3.8) is 0 Å². The minimum absolute atomic E-state index is 0.0377. The van der Waals surface area contributed by atoms with Gasteiger partial charge in [0.2, 0.25) is 0 Å². The van der Waals surface area contributed by atoms with Crippen LogP contribution >= 0.6 is 0 Å². The SMILES string of the molecule is COc1cc(C(C)C(=O)O)c(S(C)(=O)=O)cc1C. The van der Waals surface area contributed by atoms with Crippen LogP contribution in [0.1, 0.15) is 24.0 Å². The highest BCUT2D eigenvalue weighted by Crippen LogP contribution is 2.31. The van der Waals surface area contributed by atoms with Crippen molar-refractivity contribution in [1.82, 2.24) is 0 Å². The minimum Gasteiger partial charge on any atom is -0.496 e. The number of hydrogen-bond donors (Lipinski definition) is 1. The molecule has 1 rings (SSSR count). The van der Waals surface area contributed by atoms with Gasteiger partial charge in [0.25, 0.3) is 0 Å². The van der Waals surface area contributed by atoms with Gasteiger partial charge in [0.05, 0.1) is 17.9 Å². The Hall–Kier alpha value is -1.56. The zero-order chi connectivity index (χ0) is 14.1. The van der Waals surface area contributed by atoms with Gasteiger partial charge in [-0.1, -0.05) is 0 Å². The van der Waals surface area contributed by atoms with E-state index in [1.807, 2.05) is 0 Å². The Balaban J connectivity index is 3.60. The van der Waals surface area contributed by atoms with Crippen molar-refractivity contribution in [2.45, 2.75) is 24.7 Å². The summed E-state index contributed by atoms with van der Waals surface area (Å²) in [6.45, 7) is 3.16. The second kappa shape index (κ2) is 4.97. The summed E-state index contributed by atoms with van der Waals surface area (Å²) < 4.78 is 28.5. The molecular weight excluding hydrogens is 256 g/mol. The van der Waals surface area contributed by atoms with Gasteiger partial charge in [-0.25, -0.2) is 8.42 Å². The van der Waals surface area contributed by atoms with Crippen LogP contribution in [0, 0.1) is 6.92 Å². The van der Waals surface area contributed by atoms with Crippen LogP contribution in [0.2, 0.25) is 0 Å². The third kappa shape index (κ3) is 2.81. The van der Waals surface area contributed by atoms with Crippen LogP contribution in [-0.2, 0) is 14.6 Å². The van der Waals surface area contributed by atoms with Gasteiger partial charge in [-0.2, -0.15) is 0 Å². The molecule has 0 aliphatic rings. The zero-order valence-electron chi connectivity index (χ0n) is 10.7. The first-order valence-corrected chi connectivity index (χ1v) is 7.19. The molecule has 0 radical (unpaired) electrons. The van der Waals surface area contributed by atoms with Gasteiger partial charge in [-0.3, -0.25) is 4.79 Å². The van der Waals surface area contributed by atoms with Crippen LogP contribution in [0.5, 0.6) is 5.75 Å². The first kappa shape index (κ1) is 14.5. The van der Waals surface area contributed by atoms with E-state index in [9.17, 15) is 13.2 Å². The van der Waals surface area contributed by atoms with Crippen molar-refractivity contribution in [3.8, 4) is 5.75 Å². The monoisotopic (exact) mass is 272 g/mol. The Morgan fingerprint density at radius 2 is 1.94 bits per heavy atom. The van der Waals surface area contributed by atoms with Crippen molar-refractivity contribution in [2.24, 2.45) is 0 Å². The first-order valence-electron chi connectivity index (χ1n) is 5.30. The molecule has 1 unspecified atom stereocenters. The number of sulfone groups is 1. The molecule has 0 spiro atoms. The number of aryl methyl sites for hydroxylation is 1. The van der Waals surface area contributed by atoms with Gasteiger partial charge in [-0.15, -0.1) is 0 Å². The average Bonchev–Trinajstić information content (AvgIpc) is 2.26. The Morgan fingerprint density at radius 1 is 1.39 bits per heavy atom. The van der Waals surface area contributed by atoms with Crippen molar-refractivity contribution < 1.29 is 23.1 Å². The predicted octanol–water partition coefficient (Wildman–Crippen LogP) is 1.60. The summed E-state index contributed by atoms with van der Waals surface area (Å²) in [5.41, 5.74) is 0.895.